The molecule has 1 aliphatic heterocycles. The summed E-state index contributed by atoms with van der Waals surface area (Å²) in [5.74, 6) is 1.14. The van der Waals surface area contributed by atoms with Gasteiger partial charge in [-0.25, -0.2) is 0 Å². The van der Waals surface area contributed by atoms with Gasteiger partial charge in [0.05, 0.1) is 31.9 Å². The highest BCUT2D eigenvalue weighted by molar-refractivity contribution is 6.30. The third-order valence-electron chi connectivity index (χ3n) is 3.99. The van der Waals surface area contributed by atoms with Crippen LogP contribution in [0.2, 0.25) is 5.02 Å². The number of carbonyl (C=O) groups is 1. The lowest BCUT2D eigenvalue weighted by atomic mass is 10.1. The van der Waals surface area contributed by atoms with Gasteiger partial charge in [0.1, 0.15) is 5.75 Å². The van der Waals surface area contributed by atoms with Crippen molar-refractivity contribution in [2.75, 3.05) is 26.9 Å². The molecule has 0 unspecified atom stereocenters. The van der Waals surface area contributed by atoms with E-state index >= 15 is 0 Å². The molecule has 0 spiro atoms. The summed E-state index contributed by atoms with van der Waals surface area (Å²) < 4.78 is 10.8. The first-order chi connectivity index (χ1) is 9.70. The predicted molar refractivity (Wildman–Crippen MR) is 76.4 cm³/mol. The lowest BCUT2D eigenvalue weighted by Gasteiger charge is -2.36. The molecule has 1 aromatic carbocycles. The van der Waals surface area contributed by atoms with E-state index in [0.717, 1.165) is 0 Å². The number of halogens is 1. The molecular weight excluding hydrogens is 278 g/mol. The van der Waals surface area contributed by atoms with Crippen molar-refractivity contribution < 1.29 is 14.3 Å². The number of benzene rings is 1. The van der Waals surface area contributed by atoms with Gasteiger partial charge in [0, 0.05) is 11.6 Å². The van der Waals surface area contributed by atoms with Crippen LogP contribution in [0.5, 0.6) is 5.75 Å². The summed E-state index contributed by atoms with van der Waals surface area (Å²) in [7, 11) is 1.56. The number of amides is 1. The van der Waals surface area contributed by atoms with E-state index in [0.29, 0.717) is 42.0 Å². The molecule has 2 fully saturated rings. The number of rotatable bonds is 3. The largest absolute Gasteiger partial charge is 0.496 e. The number of methoxy groups -OCH3 is 1. The van der Waals surface area contributed by atoms with Gasteiger partial charge < -0.3 is 14.4 Å². The summed E-state index contributed by atoms with van der Waals surface area (Å²) in [6.07, 6.45) is 2.38. The van der Waals surface area contributed by atoms with Gasteiger partial charge in [-0.3, -0.25) is 4.79 Å². The Labute approximate surface area is 123 Å². The van der Waals surface area contributed by atoms with Crippen molar-refractivity contribution in [3.63, 3.8) is 0 Å². The molecular formula is C15H18ClNO3. The number of morpholine rings is 1. The van der Waals surface area contributed by atoms with E-state index in [9.17, 15) is 4.79 Å². The Kier molecular flexibility index (Phi) is 3.85. The first-order valence-electron chi connectivity index (χ1n) is 6.93. The minimum absolute atomic E-state index is 0.0127. The standard InChI is InChI=1S/C15H18ClNO3/c1-19-14-8-11(16)4-5-12(14)15(18)17-6-7-20-9-13(17)10-2-3-10/h4-5,8,10,13H,2-3,6-7,9H2,1H3/t13-/m0/s1. The fraction of sp³-hybridized carbons (Fsp3) is 0.533. The van der Waals surface area contributed by atoms with Crippen LogP contribution in [-0.2, 0) is 4.74 Å². The van der Waals surface area contributed by atoms with Crippen molar-refractivity contribution in [2.24, 2.45) is 5.92 Å². The van der Waals surface area contributed by atoms with E-state index < -0.39 is 0 Å². The first-order valence-corrected chi connectivity index (χ1v) is 7.30. The maximum atomic E-state index is 12.8. The van der Waals surface area contributed by atoms with Gasteiger partial charge >= 0.3 is 0 Å². The molecule has 1 atom stereocenters. The van der Waals surface area contributed by atoms with E-state index in [1.807, 2.05) is 4.90 Å². The van der Waals surface area contributed by atoms with E-state index in [2.05, 4.69) is 0 Å². The van der Waals surface area contributed by atoms with Crippen LogP contribution < -0.4 is 4.74 Å². The highest BCUT2D eigenvalue weighted by Gasteiger charge is 2.39. The Balaban J connectivity index is 1.86. The van der Waals surface area contributed by atoms with Gasteiger partial charge in [-0.15, -0.1) is 0 Å². The molecule has 1 saturated heterocycles. The van der Waals surface area contributed by atoms with Gasteiger partial charge in [-0.2, -0.15) is 0 Å². The molecule has 2 aliphatic rings. The van der Waals surface area contributed by atoms with Crippen LogP contribution in [0.4, 0.5) is 0 Å². The molecule has 4 nitrogen and oxygen atoms in total. The molecule has 0 N–H and O–H groups in total. The van der Waals surface area contributed by atoms with Crippen LogP contribution in [0.15, 0.2) is 18.2 Å². The van der Waals surface area contributed by atoms with Crippen LogP contribution in [0.25, 0.3) is 0 Å². The number of ether oxygens (including phenoxy) is 2. The Hall–Kier alpha value is -1.26. The van der Waals surface area contributed by atoms with Crippen molar-refractivity contribution in [1.82, 2.24) is 4.90 Å². The molecule has 1 heterocycles. The number of nitrogens with zero attached hydrogens (tertiary/aromatic N) is 1. The molecule has 3 rings (SSSR count). The van der Waals surface area contributed by atoms with Crippen molar-refractivity contribution in [1.29, 1.82) is 0 Å². The van der Waals surface area contributed by atoms with E-state index in [-0.39, 0.29) is 11.9 Å². The molecule has 1 amide bonds. The summed E-state index contributed by atoms with van der Waals surface area (Å²) in [4.78, 5) is 14.7. The lowest BCUT2D eigenvalue weighted by molar-refractivity contribution is -0.00847. The van der Waals surface area contributed by atoms with Gasteiger partial charge in [0.25, 0.3) is 5.91 Å². The molecule has 108 valence electrons. The van der Waals surface area contributed by atoms with Crippen molar-refractivity contribution in [2.45, 2.75) is 18.9 Å². The quantitative estimate of drug-likeness (QED) is 0.860. The molecule has 0 bridgehead atoms. The van der Waals surface area contributed by atoms with Crippen LogP contribution in [-0.4, -0.2) is 43.7 Å². The average molecular weight is 296 g/mol. The average Bonchev–Trinajstić information content (AvgIpc) is 3.31. The normalized spacial score (nSPS) is 22.7. The van der Waals surface area contributed by atoms with E-state index in [1.165, 1.54) is 12.8 Å². The van der Waals surface area contributed by atoms with Gasteiger partial charge in [0.2, 0.25) is 0 Å². The monoisotopic (exact) mass is 295 g/mol. The van der Waals surface area contributed by atoms with Crippen molar-refractivity contribution >= 4 is 17.5 Å². The van der Waals surface area contributed by atoms with E-state index in [1.54, 1.807) is 25.3 Å². The van der Waals surface area contributed by atoms with Crippen LogP contribution in [0.3, 0.4) is 0 Å². The topological polar surface area (TPSA) is 38.8 Å². The zero-order valence-corrected chi connectivity index (χ0v) is 12.2. The molecule has 1 aliphatic carbocycles. The zero-order valence-electron chi connectivity index (χ0n) is 11.5. The third-order valence-corrected chi connectivity index (χ3v) is 4.22. The summed E-state index contributed by atoms with van der Waals surface area (Å²) in [5.41, 5.74) is 0.574. The van der Waals surface area contributed by atoms with Gasteiger partial charge in [-0.1, -0.05) is 11.6 Å². The maximum absolute atomic E-state index is 12.8. The molecule has 5 heteroatoms. The first kappa shape index (κ1) is 13.7. The predicted octanol–water partition coefficient (Wildman–Crippen LogP) is 2.60. The lowest BCUT2D eigenvalue weighted by Crippen LogP contribution is -2.49. The minimum atomic E-state index is 0.0127. The Bertz CT molecular complexity index is 516. The second-order valence-corrected chi connectivity index (χ2v) is 5.76. The number of hydrogen-bond acceptors (Lipinski definition) is 3. The molecule has 0 aromatic heterocycles. The second-order valence-electron chi connectivity index (χ2n) is 5.32. The van der Waals surface area contributed by atoms with E-state index in [4.69, 9.17) is 21.1 Å². The summed E-state index contributed by atoms with van der Waals surface area (Å²) in [6.45, 7) is 1.89. The maximum Gasteiger partial charge on any atom is 0.258 e. The number of hydrogen-bond donors (Lipinski definition) is 0. The molecule has 1 saturated carbocycles. The smallest absolute Gasteiger partial charge is 0.258 e. The Morgan fingerprint density at radius 3 is 2.95 bits per heavy atom. The Morgan fingerprint density at radius 2 is 2.25 bits per heavy atom. The van der Waals surface area contributed by atoms with Crippen LogP contribution in [0, 0.1) is 5.92 Å². The summed E-state index contributed by atoms with van der Waals surface area (Å²) in [6, 6.07) is 5.35. The fourth-order valence-corrected chi connectivity index (χ4v) is 2.91. The van der Waals surface area contributed by atoms with Crippen LogP contribution >= 0.6 is 11.6 Å². The SMILES string of the molecule is COc1cc(Cl)ccc1C(=O)N1CCOC[C@H]1C1CC1. The van der Waals surface area contributed by atoms with Gasteiger partial charge in [0.15, 0.2) is 0 Å². The fourth-order valence-electron chi connectivity index (χ4n) is 2.74. The molecule has 0 radical (unpaired) electrons. The minimum Gasteiger partial charge on any atom is -0.496 e. The van der Waals surface area contributed by atoms with Gasteiger partial charge in [-0.05, 0) is 37.0 Å². The third kappa shape index (κ3) is 2.63. The highest BCUT2D eigenvalue weighted by atomic mass is 35.5. The highest BCUT2D eigenvalue weighted by Crippen LogP contribution is 2.37. The van der Waals surface area contributed by atoms with Crippen molar-refractivity contribution in [3.8, 4) is 5.75 Å². The summed E-state index contributed by atoms with van der Waals surface area (Å²) >= 11 is 5.95. The zero-order chi connectivity index (χ0) is 14.1. The molecule has 20 heavy (non-hydrogen) atoms. The molecule has 1 aromatic rings. The van der Waals surface area contributed by atoms with Crippen LogP contribution in [0.1, 0.15) is 23.2 Å². The van der Waals surface area contributed by atoms with Crippen molar-refractivity contribution in [3.05, 3.63) is 28.8 Å². The Morgan fingerprint density at radius 1 is 1.45 bits per heavy atom. The number of carbonyl (C=O) groups excluding carboxylic acids is 1. The second kappa shape index (κ2) is 5.62. The summed E-state index contributed by atoms with van der Waals surface area (Å²) in [5, 5.41) is 0.569.